The van der Waals surface area contributed by atoms with Crippen LogP contribution in [0.1, 0.15) is 16.7 Å². The lowest BCUT2D eigenvalue weighted by atomic mass is 10.00. The zero-order chi connectivity index (χ0) is 13.4. The van der Waals surface area contributed by atoms with E-state index in [-0.39, 0.29) is 12.4 Å². The summed E-state index contributed by atoms with van der Waals surface area (Å²) in [4.78, 5) is 8.73. The van der Waals surface area contributed by atoms with Crippen LogP contribution >= 0.6 is 12.4 Å². The highest BCUT2D eigenvalue weighted by molar-refractivity contribution is 5.92. The second-order valence-corrected chi connectivity index (χ2v) is 5.04. The molecule has 0 saturated carbocycles. The number of aromatic nitrogens is 1. The molecule has 1 N–H and O–H groups in total. The molecule has 0 fully saturated rings. The van der Waals surface area contributed by atoms with Crippen LogP contribution < -0.4 is 5.43 Å². The molecule has 20 heavy (non-hydrogen) atoms. The molecule has 2 heterocycles. The zero-order valence-electron chi connectivity index (χ0n) is 12.0. The van der Waals surface area contributed by atoms with Gasteiger partial charge in [0.1, 0.15) is 6.34 Å². The average molecular weight is 291 g/mol. The molecule has 0 spiro atoms. The Balaban J connectivity index is 0.00000147. The first-order valence-corrected chi connectivity index (χ1v) is 6.55. The SMILES string of the molecule is Cc1cc(NN2C=NCC2)c(C)c2c(C)ccnc12.Cl. The maximum absolute atomic E-state index is 4.51. The van der Waals surface area contributed by atoms with E-state index in [2.05, 4.69) is 48.3 Å². The van der Waals surface area contributed by atoms with Gasteiger partial charge in [0.05, 0.1) is 24.3 Å². The summed E-state index contributed by atoms with van der Waals surface area (Å²) in [6.07, 6.45) is 3.74. The summed E-state index contributed by atoms with van der Waals surface area (Å²) in [5.41, 5.74) is 9.36. The number of fused-ring (bicyclic) bond motifs is 1. The van der Waals surface area contributed by atoms with E-state index in [1.807, 2.05) is 17.5 Å². The molecule has 0 aliphatic carbocycles. The standard InChI is InChI=1S/C15H18N4.ClH/c1-10-4-5-17-15-11(2)8-13(12(3)14(10)15)18-19-7-6-16-9-19;/h4-5,8-9,18H,6-7H2,1-3H3;1H. The maximum atomic E-state index is 4.51. The van der Waals surface area contributed by atoms with Crippen LogP contribution in [-0.4, -0.2) is 29.4 Å². The van der Waals surface area contributed by atoms with Gasteiger partial charge in [-0.15, -0.1) is 12.4 Å². The van der Waals surface area contributed by atoms with Crippen molar-refractivity contribution in [2.75, 3.05) is 18.5 Å². The van der Waals surface area contributed by atoms with Crippen molar-refractivity contribution in [3.63, 3.8) is 0 Å². The van der Waals surface area contributed by atoms with Gasteiger partial charge < -0.3 is 0 Å². The minimum absolute atomic E-state index is 0. The summed E-state index contributed by atoms with van der Waals surface area (Å²) in [7, 11) is 0. The van der Waals surface area contributed by atoms with Gasteiger partial charge in [0, 0.05) is 11.6 Å². The van der Waals surface area contributed by atoms with E-state index in [1.165, 1.54) is 22.1 Å². The van der Waals surface area contributed by atoms with Gasteiger partial charge in [-0.05, 0) is 49.6 Å². The van der Waals surface area contributed by atoms with Crippen molar-refractivity contribution < 1.29 is 0 Å². The van der Waals surface area contributed by atoms with Crippen LogP contribution in [0.15, 0.2) is 23.3 Å². The third-order valence-corrected chi connectivity index (χ3v) is 3.63. The Bertz CT molecular complexity index is 666. The minimum Gasteiger partial charge on any atom is -0.297 e. The Labute approximate surface area is 125 Å². The fourth-order valence-corrected chi connectivity index (χ4v) is 2.59. The molecule has 1 aliphatic heterocycles. The molecule has 1 aromatic carbocycles. The van der Waals surface area contributed by atoms with Gasteiger partial charge in [-0.3, -0.25) is 20.4 Å². The van der Waals surface area contributed by atoms with Crippen LogP contribution in [-0.2, 0) is 0 Å². The van der Waals surface area contributed by atoms with Crippen molar-refractivity contribution in [3.05, 3.63) is 35.0 Å². The Hall–Kier alpha value is -1.81. The Morgan fingerprint density at radius 2 is 2.00 bits per heavy atom. The number of rotatable bonds is 2. The number of aryl methyl sites for hydroxylation is 3. The number of hydrogen-bond donors (Lipinski definition) is 1. The third-order valence-electron chi connectivity index (χ3n) is 3.63. The largest absolute Gasteiger partial charge is 0.297 e. The summed E-state index contributed by atoms with van der Waals surface area (Å²) >= 11 is 0. The number of benzene rings is 1. The van der Waals surface area contributed by atoms with Crippen molar-refractivity contribution in [1.29, 1.82) is 0 Å². The van der Waals surface area contributed by atoms with Crippen LogP contribution in [0.5, 0.6) is 0 Å². The summed E-state index contributed by atoms with van der Waals surface area (Å²) in [6, 6.07) is 4.23. The van der Waals surface area contributed by atoms with Crippen LogP contribution in [0.4, 0.5) is 5.69 Å². The quantitative estimate of drug-likeness (QED) is 0.923. The molecule has 0 saturated heterocycles. The van der Waals surface area contributed by atoms with Crippen molar-refractivity contribution in [3.8, 4) is 0 Å². The fraction of sp³-hybridized carbons (Fsp3) is 0.333. The van der Waals surface area contributed by atoms with Gasteiger partial charge in [0.15, 0.2) is 0 Å². The van der Waals surface area contributed by atoms with E-state index in [0.29, 0.717) is 0 Å². The first-order chi connectivity index (χ1) is 9.16. The topological polar surface area (TPSA) is 40.5 Å². The smallest absolute Gasteiger partial charge is 0.104 e. The van der Waals surface area contributed by atoms with Gasteiger partial charge in [-0.2, -0.15) is 0 Å². The molecular weight excluding hydrogens is 272 g/mol. The van der Waals surface area contributed by atoms with E-state index in [9.17, 15) is 0 Å². The molecule has 106 valence electrons. The lowest BCUT2D eigenvalue weighted by molar-refractivity contribution is 0.557. The van der Waals surface area contributed by atoms with Gasteiger partial charge in [-0.1, -0.05) is 0 Å². The summed E-state index contributed by atoms with van der Waals surface area (Å²) in [5, 5.41) is 3.28. The molecule has 0 atom stereocenters. The second-order valence-electron chi connectivity index (χ2n) is 5.04. The number of hydrazine groups is 1. The molecule has 0 radical (unpaired) electrons. The number of aliphatic imine (C=N–C) groups is 1. The lowest BCUT2D eigenvalue weighted by Gasteiger charge is -2.20. The predicted octanol–water partition coefficient (Wildman–Crippen LogP) is 3.25. The Kier molecular flexibility index (Phi) is 4.14. The molecule has 1 aliphatic rings. The van der Waals surface area contributed by atoms with E-state index >= 15 is 0 Å². The third kappa shape index (κ3) is 2.43. The molecule has 3 rings (SSSR count). The molecule has 0 bridgehead atoms. The molecule has 0 amide bonds. The van der Waals surface area contributed by atoms with Crippen LogP contribution in [0.2, 0.25) is 0 Å². The molecule has 5 heteroatoms. The van der Waals surface area contributed by atoms with Crippen molar-refractivity contribution >= 4 is 35.3 Å². The highest BCUT2D eigenvalue weighted by Crippen LogP contribution is 2.30. The minimum atomic E-state index is 0. The van der Waals surface area contributed by atoms with Crippen LogP contribution in [0.25, 0.3) is 10.9 Å². The molecule has 4 nitrogen and oxygen atoms in total. The molecule has 0 unspecified atom stereocenters. The Morgan fingerprint density at radius 3 is 2.70 bits per heavy atom. The van der Waals surface area contributed by atoms with E-state index in [1.54, 1.807) is 0 Å². The maximum Gasteiger partial charge on any atom is 0.104 e. The van der Waals surface area contributed by atoms with E-state index in [4.69, 9.17) is 0 Å². The number of anilines is 1. The monoisotopic (exact) mass is 290 g/mol. The van der Waals surface area contributed by atoms with Crippen molar-refractivity contribution in [2.45, 2.75) is 20.8 Å². The number of halogens is 1. The number of hydrogen-bond acceptors (Lipinski definition) is 4. The summed E-state index contributed by atoms with van der Waals surface area (Å²) in [5.74, 6) is 0. The lowest BCUT2D eigenvalue weighted by Crippen LogP contribution is -2.27. The second kappa shape index (κ2) is 5.67. The zero-order valence-corrected chi connectivity index (χ0v) is 12.8. The van der Waals surface area contributed by atoms with Crippen molar-refractivity contribution in [1.82, 2.24) is 9.99 Å². The first-order valence-electron chi connectivity index (χ1n) is 6.55. The van der Waals surface area contributed by atoms with Gasteiger partial charge >= 0.3 is 0 Å². The highest BCUT2D eigenvalue weighted by Gasteiger charge is 2.12. The number of pyridine rings is 1. The number of nitrogens with one attached hydrogen (secondary N) is 1. The van der Waals surface area contributed by atoms with Gasteiger partial charge in [0.25, 0.3) is 0 Å². The van der Waals surface area contributed by atoms with E-state index < -0.39 is 0 Å². The van der Waals surface area contributed by atoms with E-state index in [0.717, 1.165) is 24.3 Å². The molecular formula is C15H19ClN4. The summed E-state index contributed by atoms with van der Waals surface area (Å²) in [6.45, 7) is 8.17. The normalized spacial score (nSPS) is 13.7. The highest BCUT2D eigenvalue weighted by atomic mass is 35.5. The molecule has 2 aromatic rings. The van der Waals surface area contributed by atoms with Crippen molar-refractivity contribution in [2.24, 2.45) is 4.99 Å². The molecule has 1 aromatic heterocycles. The average Bonchev–Trinajstić information content (AvgIpc) is 2.88. The summed E-state index contributed by atoms with van der Waals surface area (Å²) < 4.78 is 0. The van der Waals surface area contributed by atoms with Crippen LogP contribution in [0.3, 0.4) is 0 Å². The first kappa shape index (κ1) is 14.6. The predicted molar refractivity (Wildman–Crippen MR) is 86.9 cm³/mol. The van der Waals surface area contributed by atoms with Crippen LogP contribution in [0, 0.1) is 20.8 Å². The fourth-order valence-electron chi connectivity index (χ4n) is 2.59. The number of nitrogens with zero attached hydrogens (tertiary/aromatic N) is 3. The van der Waals surface area contributed by atoms with Gasteiger partial charge in [-0.25, -0.2) is 0 Å². The Morgan fingerprint density at radius 1 is 1.20 bits per heavy atom. The van der Waals surface area contributed by atoms with Gasteiger partial charge in [0.2, 0.25) is 0 Å².